The summed E-state index contributed by atoms with van der Waals surface area (Å²) in [5, 5.41) is 0.681. The van der Waals surface area contributed by atoms with Gasteiger partial charge in [-0.3, -0.25) is 9.59 Å². The van der Waals surface area contributed by atoms with Gasteiger partial charge in [0.15, 0.2) is 5.78 Å². The number of ether oxygens (including phenoxy) is 1. The van der Waals surface area contributed by atoms with Crippen LogP contribution in [0.3, 0.4) is 0 Å². The van der Waals surface area contributed by atoms with Crippen molar-refractivity contribution in [2.45, 2.75) is 25.7 Å². The molecule has 1 aliphatic carbocycles. The van der Waals surface area contributed by atoms with Crippen LogP contribution in [0.15, 0.2) is 18.2 Å². The topological polar surface area (TPSA) is 43.4 Å². The lowest BCUT2D eigenvalue weighted by Gasteiger charge is -2.28. The molecule has 2 rings (SSSR count). The van der Waals surface area contributed by atoms with Gasteiger partial charge in [-0.1, -0.05) is 17.7 Å². The Labute approximate surface area is 105 Å². The second-order valence-corrected chi connectivity index (χ2v) is 4.48. The molecule has 0 fully saturated rings. The standard InChI is InChI=1S/C13H13ClO3/c1-2-17-13(16)7-12(15)11-6-8-5-9(14)3-4-10(8)11/h3-5,11H,2,6-7H2,1H3. The van der Waals surface area contributed by atoms with Crippen LogP contribution in [0.4, 0.5) is 0 Å². The van der Waals surface area contributed by atoms with Gasteiger partial charge in [-0.2, -0.15) is 0 Å². The summed E-state index contributed by atoms with van der Waals surface area (Å²) in [5.41, 5.74) is 2.09. The Kier molecular flexibility index (Phi) is 3.48. The molecule has 0 heterocycles. The molecule has 4 heteroatoms. The summed E-state index contributed by atoms with van der Waals surface area (Å²) in [4.78, 5) is 23.0. The van der Waals surface area contributed by atoms with E-state index in [1.807, 2.05) is 12.1 Å². The summed E-state index contributed by atoms with van der Waals surface area (Å²) >= 11 is 5.84. The molecule has 0 saturated carbocycles. The fraction of sp³-hybridized carbons (Fsp3) is 0.385. The number of rotatable bonds is 4. The van der Waals surface area contributed by atoms with Crippen molar-refractivity contribution in [3.05, 3.63) is 34.3 Å². The van der Waals surface area contributed by atoms with E-state index in [-0.39, 0.29) is 18.1 Å². The highest BCUT2D eigenvalue weighted by molar-refractivity contribution is 6.30. The van der Waals surface area contributed by atoms with Crippen LogP contribution in [-0.4, -0.2) is 18.4 Å². The molecule has 1 unspecified atom stereocenters. The molecule has 0 aromatic heterocycles. The van der Waals surface area contributed by atoms with Gasteiger partial charge in [0.05, 0.1) is 6.61 Å². The number of Topliss-reactive ketones (excluding diaryl/α,β-unsaturated/α-hetero) is 1. The molecule has 0 radical (unpaired) electrons. The number of fused-ring (bicyclic) bond motifs is 1. The van der Waals surface area contributed by atoms with Crippen molar-refractivity contribution in [1.82, 2.24) is 0 Å². The van der Waals surface area contributed by atoms with Gasteiger partial charge in [0.1, 0.15) is 6.42 Å². The van der Waals surface area contributed by atoms with Crippen LogP contribution in [0.25, 0.3) is 0 Å². The van der Waals surface area contributed by atoms with Crippen LogP contribution in [0.5, 0.6) is 0 Å². The monoisotopic (exact) mass is 252 g/mol. The Morgan fingerprint density at radius 2 is 2.24 bits per heavy atom. The summed E-state index contributed by atoms with van der Waals surface area (Å²) in [6.45, 7) is 2.03. The average molecular weight is 253 g/mol. The second-order valence-electron chi connectivity index (χ2n) is 4.05. The van der Waals surface area contributed by atoms with Gasteiger partial charge in [-0.15, -0.1) is 0 Å². The SMILES string of the molecule is CCOC(=O)CC(=O)C1Cc2cc(Cl)ccc21. The molecule has 0 bridgehead atoms. The van der Waals surface area contributed by atoms with E-state index < -0.39 is 5.97 Å². The van der Waals surface area contributed by atoms with Gasteiger partial charge in [-0.25, -0.2) is 0 Å². The zero-order chi connectivity index (χ0) is 12.4. The largest absolute Gasteiger partial charge is 0.466 e. The molecule has 0 aliphatic heterocycles. The Hall–Kier alpha value is -1.35. The lowest BCUT2D eigenvalue weighted by Crippen LogP contribution is -2.27. The number of hydrogen-bond donors (Lipinski definition) is 0. The maximum atomic E-state index is 11.8. The van der Waals surface area contributed by atoms with E-state index in [2.05, 4.69) is 0 Å². The molecule has 1 aromatic rings. The third-order valence-electron chi connectivity index (χ3n) is 2.92. The highest BCUT2D eigenvalue weighted by Gasteiger charge is 2.33. The van der Waals surface area contributed by atoms with Gasteiger partial charge in [0, 0.05) is 10.9 Å². The summed E-state index contributed by atoms with van der Waals surface area (Å²) in [6.07, 6.45) is 0.536. The molecule has 1 aromatic carbocycles. The highest BCUT2D eigenvalue weighted by Crippen LogP contribution is 2.37. The average Bonchev–Trinajstić information content (AvgIpc) is 2.22. The lowest BCUT2D eigenvalue weighted by molar-refractivity contribution is -0.145. The Balaban J connectivity index is 2.00. The smallest absolute Gasteiger partial charge is 0.313 e. The third kappa shape index (κ3) is 2.50. The minimum Gasteiger partial charge on any atom is -0.466 e. The Morgan fingerprint density at radius 1 is 1.47 bits per heavy atom. The lowest BCUT2D eigenvalue weighted by atomic mass is 9.74. The quantitative estimate of drug-likeness (QED) is 0.611. The van der Waals surface area contributed by atoms with Gasteiger partial charge in [0.25, 0.3) is 0 Å². The molecule has 0 N–H and O–H groups in total. The van der Waals surface area contributed by atoms with Crippen LogP contribution in [0.2, 0.25) is 5.02 Å². The molecule has 1 aliphatic rings. The van der Waals surface area contributed by atoms with Gasteiger partial charge < -0.3 is 4.74 Å². The predicted octanol–water partition coefficient (Wildman–Crippen LogP) is 2.50. The van der Waals surface area contributed by atoms with Crippen LogP contribution in [-0.2, 0) is 20.7 Å². The number of halogens is 1. The molecule has 90 valence electrons. The molecule has 1 atom stereocenters. The first-order valence-electron chi connectivity index (χ1n) is 5.58. The summed E-state index contributed by atoms with van der Waals surface area (Å²) in [7, 11) is 0. The minimum atomic E-state index is -0.445. The van der Waals surface area contributed by atoms with Crippen LogP contribution in [0, 0.1) is 0 Å². The first kappa shape index (κ1) is 12.1. The molecule has 17 heavy (non-hydrogen) atoms. The number of carbonyl (C=O) groups excluding carboxylic acids is 2. The number of benzene rings is 1. The van der Waals surface area contributed by atoms with Crippen molar-refractivity contribution in [1.29, 1.82) is 0 Å². The van der Waals surface area contributed by atoms with E-state index in [1.54, 1.807) is 13.0 Å². The summed E-state index contributed by atoms with van der Waals surface area (Å²) in [6, 6.07) is 5.49. The highest BCUT2D eigenvalue weighted by atomic mass is 35.5. The van der Waals surface area contributed by atoms with Crippen molar-refractivity contribution in [3.8, 4) is 0 Å². The van der Waals surface area contributed by atoms with Gasteiger partial charge in [0.2, 0.25) is 0 Å². The first-order valence-corrected chi connectivity index (χ1v) is 5.96. The summed E-state index contributed by atoms with van der Waals surface area (Å²) < 4.78 is 4.76. The Bertz CT molecular complexity index is 468. The van der Waals surface area contributed by atoms with E-state index in [4.69, 9.17) is 16.3 Å². The van der Waals surface area contributed by atoms with Crippen molar-refractivity contribution >= 4 is 23.4 Å². The van der Waals surface area contributed by atoms with Gasteiger partial charge >= 0.3 is 5.97 Å². The predicted molar refractivity (Wildman–Crippen MR) is 64.2 cm³/mol. The number of esters is 1. The second kappa shape index (κ2) is 4.88. The fourth-order valence-corrected chi connectivity index (χ4v) is 2.25. The number of carbonyl (C=O) groups is 2. The Morgan fingerprint density at radius 3 is 2.88 bits per heavy atom. The maximum absolute atomic E-state index is 11.8. The van der Waals surface area contributed by atoms with E-state index in [9.17, 15) is 9.59 Å². The van der Waals surface area contributed by atoms with Crippen LogP contribution >= 0.6 is 11.6 Å². The number of ketones is 1. The molecule has 0 amide bonds. The zero-order valence-corrected chi connectivity index (χ0v) is 10.3. The minimum absolute atomic E-state index is 0.0710. The van der Waals surface area contributed by atoms with Crippen molar-refractivity contribution < 1.29 is 14.3 Å². The first-order chi connectivity index (χ1) is 8.11. The normalized spacial score (nSPS) is 16.9. The molecular formula is C13H13ClO3. The van der Waals surface area contributed by atoms with E-state index in [0.717, 1.165) is 11.1 Å². The maximum Gasteiger partial charge on any atom is 0.313 e. The van der Waals surface area contributed by atoms with E-state index in [1.165, 1.54) is 0 Å². The molecule has 3 nitrogen and oxygen atoms in total. The third-order valence-corrected chi connectivity index (χ3v) is 3.15. The number of hydrogen-bond acceptors (Lipinski definition) is 3. The van der Waals surface area contributed by atoms with Crippen molar-refractivity contribution in [3.63, 3.8) is 0 Å². The van der Waals surface area contributed by atoms with Crippen LogP contribution in [0.1, 0.15) is 30.4 Å². The summed E-state index contributed by atoms with van der Waals surface area (Å²) in [5.74, 6) is -0.676. The fourth-order valence-electron chi connectivity index (χ4n) is 2.05. The zero-order valence-electron chi connectivity index (χ0n) is 9.53. The van der Waals surface area contributed by atoms with E-state index in [0.29, 0.717) is 18.1 Å². The molecular weight excluding hydrogens is 240 g/mol. The molecule has 0 spiro atoms. The van der Waals surface area contributed by atoms with Crippen molar-refractivity contribution in [2.24, 2.45) is 0 Å². The van der Waals surface area contributed by atoms with Crippen LogP contribution < -0.4 is 0 Å². The van der Waals surface area contributed by atoms with Crippen molar-refractivity contribution in [2.75, 3.05) is 6.61 Å². The van der Waals surface area contributed by atoms with E-state index >= 15 is 0 Å². The molecule has 0 saturated heterocycles. The van der Waals surface area contributed by atoms with Gasteiger partial charge in [-0.05, 0) is 36.6 Å².